The molecule has 2 heteroatoms. The first-order valence-electron chi connectivity index (χ1n) is 8.44. The van der Waals surface area contributed by atoms with Crippen molar-refractivity contribution in [3.8, 4) is 16.9 Å². The van der Waals surface area contributed by atoms with Crippen LogP contribution in [0.15, 0.2) is 71.6 Å². The Labute approximate surface area is 154 Å². The maximum atomic E-state index is 10.3. The lowest BCUT2D eigenvalue weighted by Crippen LogP contribution is -1.88. The zero-order chi connectivity index (χ0) is 17.6. The van der Waals surface area contributed by atoms with Gasteiger partial charge in [-0.25, -0.2) is 0 Å². The first kappa shape index (κ1) is 17.4. The molecule has 0 saturated carbocycles. The molecule has 0 saturated heterocycles. The summed E-state index contributed by atoms with van der Waals surface area (Å²) in [6.07, 6.45) is 7.07. The third kappa shape index (κ3) is 4.15. The molecule has 0 aliphatic rings. The Hall–Kier alpha value is -2.45. The number of hydrogen-bond donors (Lipinski definition) is 1. The van der Waals surface area contributed by atoms with E-state index in [9.17, 15) is 5.11 Å². The van der Waals surface area contributed by atoms with Gasteiger partial charge in [0, 0.05) is 4.90 Å². The minimum atomic E-state index is 0.418. The Kier molecular flexibility index (Phi) is 5.62. The van der Waals surface area contributed by atoms with Crippen molar-refractivity contribution >= 4 is 23.9 Å². The summed E-state index contributed by atoms with van der Waals surface area (Å²) in [6, 6.07) is 23.0. The molecule has 0 heterocycles. The van der Waals surface area contributed by atoms with E-state index in [1.807, 2.05) is 24.5 Å². The van der Waals surface area contributed by atoms with Crippen LogP contribution in [0.1, 0.15) is 23.6 Å². The summed E-state index contributed by atoms with van der Waals surface area (Å²) in [5.41, 5.74) is 5.68. The Morgan fingerprint density at radius 3 is 2.08 bits per heavy atom. The van der Waals surface area contributed by atoms with Crippen LogP contribution in [0, 0.1) is 0 Å². The highest BCUT2D eigenvalue weighted by Gasteiger charge is 2.09. The van der Waals surface area contributed by atoms with Crippen molar-refractivity contribution < 1.29 is 5.11 Å². The third-order valence-electron chi connectivity index (χ3n) is 4.27. The van der Waals surface area contributed by atoms with Gasteiger partial charge in [-0.05, 0) is 52.6 Å². The molecular weight excluding hydrogens is 324 g/mol. The summed E-state index contributed by atoms with van der Waals surface area (Å²) in [4.78, 5) is 0.933. The van der Waals surface area contributed by atoms with Gasteiger partial charge in [0.25, 0.3) is 0 Å². The number of aryl methyl sites for hydroxylation is 1. The molecular formula is C23H22OS. The van der Waals surface area contributed by atoms with Crippen LogP contribution < -0.4 is 0 Å². The molecule has 3 aromatic rings. The summed E-state index contributed by atoms with van der Waals surface area (Å²) in [5.74, 6) is 0.418. The van der Waals surface area contributed by atoms with Crippen molar-refractivity contribution in [2.24, 2.45) is 0 Å². The van der Waals surface area contributed by atoms with Gasteiger partial charge in [0.1, 0.15) is 5.75 Å². The Balaban J connectivity index is 1.86. The van der Waals surface area contributed by atoms with E-state index in [0.29, 0.717) is 5.75 Å². The fraction of sp³-hybridized carbons (Fsp3) is 0.130. The lowest BCUT2D eigenvalue weighted by Gasteiger charge is -2.11. The van der Waals surface area contributed by atoms with E-state index in [1.54, 1.807) is 11.8 Å². The van der Waals surface area contributed by atoms with Crippen molar-refractivity contribution in [3.63, 3.8) is 0 Å². The standard InChI is InChI=1S/C23H22OS/c1-3-19-15-21(16-22(25-2)23(19)24)20-13-11-18(12-14-20)10-9-17-7-5-4-6-8-17/h4-16,24H,3H2,1-2H3/b10-9+. The molecule has 126 valence electrons. The summed E-state index contributed by atoms with van der Waals surface area (Å²) >= 11 is 1.58. The minimum absolute atomic E-state index is 0.418. The minimum Gasteiger partial charge on any atom is -0.506 e. The van der Waals surface area contributed by atoms with Gasteiger partial charge >= 0.3 is 0 Å². The van der Waals surface area contributed by atoms with Gasteiger partial charge in [0.15, 0.2) is 0 Å². The maximum Gasteiger partial charge on any atom is 0.132 e. The zero-order valence-corrected chi connectivity index (χ0v) is 15.4. The van der Waals surface area contributed by atoms with Crippen LogP contribution in [-0.4, -0.2) is 11.4 Å². The van der Waals surface area contributed by atoms with Crippen molar-refractivity contribution in [3.05, 3.63) is 83.4 Å². The molecule has 0 spiro atoms. The Morgan fingerprint density at radius 1 is 0.840 bits per heavy atom. The van der Waals surface area contributed by atoms with Crippen LogP contribution >= 0.6 is 11.8 Å². The number of rotatable bonds is 5. The summed E-state index contributed by atoms with van der Waals surface area (Å²) in [7, 11) is 0. The molecule has 1 N–H and O–H groups in total. The predicted molar refractivity (Wildman–Crippen MR) is 110 cm³/mol. The van der Waals surface area contributed by atoms with E-state index in [0.717, 1.165) is 22.4 Å². The number of aromatic hydroxyl groups is 1. The largest absolute Gasteiger partial charge is 0.506 e. The topological polar surface area (TPSA) is 20.2 Å². The fourth-order valence-corrected chi connectivity index (χ4v) is 3.37. The summed E-state index contributed by atoms with van der Waals surface area (Å²) in [6.45, 7) is 2.07. The highest BCUT2D eigenvalue weighted by atomic mass is 32.2. The average molecular weight is 346 g/mol. The number of phenols is 1. The van der Waals surface area contributed by atoms with E-state index >= 15 is 0 Å². The second-order valence-electron chi connectivity index (χ2n) is 5.91. The smallest absolute Gasteiger partial charge is 0.132 e. The molecule has 0 fully saturated rings. The average Bonchev–Trinajstić information content (AvgIpc) is 2.68. The van der Waals surface area contributed by atoms with Gasteiger partial charge in [-0.15, -0.1) is 11.8 Å². The van der Waals surface area contributed by atoms with Crippen LogP contribution in [0.2, 0.25) is 0 Å². The molecule has 0 bridgehead atoms. The fourth-order valence-electron chi connectivity index (χ4n) is 2.80. The number of hydrogen-bond acceptors (Lipinski definition) is 2. The van der Waals surface area contributed by atoms with E-state index in [-0.39, 0.29) is 0 Å². The molecule has 0 amide bonds. The van der Waals surface area contributed by atoms with Gasteiger partial charge < -0.3 is 5.11 Å². The SMILES string of the molecule is CCc1cc(-c2ccc(/C=C/c3ccccc3)cc2)cc(SC)c1O. The predicted octanol–water partition coefficient (Wildman–Crippen LogP) is 6.51. The third-order valence-corrected chi connectivity index (χ3v) is 5.02. The molecule has 3 aromatic carbocycles. The van der Waals surface area contributed by atoms with E-state index in [4.69, 9.17) is 0 Å². The van der Waals surface area contributed by atoms with Crippen LogP contribution in [0.4, 0.5) is 0 Å². The van der Waals surface area contributed by atoms with Crippen LogP contribution in [0.3, 0.4) is 0 Å². The summed E-state index contributed by atoms with van der Waals surface area (Å²) < 4.78 is 0. The first-order chi connectivity index (χ1) is 12.2. The summed E-state index contributed by atoms with van der Waals surface area (Å²) in [5, 5.41) is 10.3. The van der Waals surface area contributed by atoms with Crippen LogP contribution in [0.5, 0.6) is 5.75 Å². The van der Waals surface area contributed by atoms with E-state index < -0.39 is 0 Å². The van der Waals surface area contributed by atoms with Crippen LogP contribution in [-0.2, 0) is 6.42 Å². The molecule has 0 aliphatic carbocycles. The highest BCUT2D eigenvalue weighted by molar-refractivity contribution is 7.98. The van der Waals surface area contributed by atoms with Crippen molar-refractivity contribution in [1.29, 1.82) is 0 Å². The molecule has 25 heavy (non-hydrogen) atoms. The van der Waals surface area contributed by atoms with Gasteiger partial charge in [-0.1, -0.05) is 73.7 Å². The second kappa shape index (κ2) is 8.09. The van der Waals surface area contributed by atoms with Crippen LogP contribution in [0.25, 0.3) is 23.3 Å². The molecule has 1 nitrogen and oxygen atoms in total. The number of benzene rings is 3. The molecule has 0 radical (unpaired) electrons. The van der Waals surface area contributed by atoms with Gasteiger partial charge in [-0.3, -0.25) is 0 Å². The quantitative estimate of drug-likeness (QED) is 0.419. The number of phenolic OH excluding ortho intramolecular Hbond substituents is 1. The Bertz CT molecular complexity index is 839. The van der Waals surface area contributed by atoms with Gasteiger partial charge in [0.05, 0.1) is 0 Å². The molecule has 0 unspecified atom stereocenters. The highest BCUT2D eigenvalue weighted by Crippen LogP contribution is 2.35. The van der Waals surface area contributed by atoms with Gasteiger partial charge in [-0.2, -0.15) is 0 Å². The van der Waals surface area contributed by atoms with Crippen molar-refractivity contribution in [2.45, 2.75) is 18.2 Å². The van der Waals surface area contributed by atoms with Crippen molar-refractivity contribution in [1.82, 2.24) is 0 Å². The van der Waals surface area contributed by atoms with Gasteiger partial charge in [0.2, 0.25) is 0 Å². The maximum absolute atomic E-state index is 10.3. The molecule has 0 aliphatic heterocycles. The monoisotopic (exact) mass is 346 g/mol. The second-order valence-corrected chi connectivity index (χ2v) is 6.75. The normalized spacial score (nSPS) is 11.1. The lowest BCUT2D eigenvalue weighted by molar-refractivity contribution is 0.456. The zero-order valence-electron chi connectivity index (χ0n) is 14.6. The first-order valence-corrected chi connectivity index (χ1v) is 9.67. The van der Waals surface area contributed by atoms with Crippen molar-refractivity contribution in [2.75, 3.05) is 6.26 Å². The molecule has 0 atom stereocenters. The number of thioether (sulfide) groups is 1. The Morgan fingerprint density at radius 2 is 1.48 bits per heavy atom. The molecule has 0 aromatic heterocycles. The molecule has 3 rings (SSSR count). The van der Waals surface area contributed by atoms with E-state index in [2.05, 4.69) is 67.6 Å². The lowest BCUT2D eigenvalue weighted by atomic mass is 10.00. The van der Waals surface area contributed by atoms with E-state index in [1.165, 1.54) is 16.7 Å².